The lowest BCUT2D eigenvalue weighted by Gasteiger charge is -2.21. The van der Waals surface area contributed by atoms with Crippen LogP contribution >= 0.6 is 0 Å². The number of fused-ring (bicyclic) bond motifs is 1. The number of ketones is 1. The van der Waals surface area contributed by atoms with E-state index >= 15 is 0 Å². The van der Waals surface area contributed by atoms with E-state index in [0.717, 1.165) is 24.2 Å². The van der Waals surface area contributed by atoms with Crippen LogP contribution in [-0.4, -0.2) is 25.1 Å². The second kappa shape index (κ2) is 5.32. The molecule has 92 valence electrons. The Labute approximate surface area is 102 Å². The molecule has 0 saturated heterocycles. The van der Waals surface area contributed by atoms with Gasteiger partial charge in [0.1, 0.15) is 11.9 Å². The van der Waals surface area contributed by atoms with E-state index in [-0.39, 0.29) is 5.78 Å². The number of carbonyl (C=O) groups is 1. The van der Waals surface area contributed by atoms with E-state index in [2.05, 4.69) is 0 Å². The number of hydrogen-bond donors (Lipinski definition) is 0. The number of carbonyl (C=O) groups excluding carboxylic acids is 1. The Morgan fingerprint density at radius 1 is 1.53 bits per heavy atom. The van der Waals surface area contributed by atoms with Gasteiger partial charge in [-0.2, -0.15) is 0 Å². The van der Waals surface area contributed by atoms with E-state index in [4.69, 9.17) is 9.47 Å². The normalized spacial score (nSPS) is 15.9. The number of aryl methyl sites for hydroxylation is 1. The molecule has 0 bridgehead atoms. The number of Topliss-reactive ketones (excluding diaryl/α,β-unsaturated/α-hetero) is 1. The monoisotopic (exact) mass is 234 g/mol. The largest absolute Gasteiger partial charge is 0.493 e. The van der Waals surface area contributed by atoms with Crippen LogP contribution in [-0.2, 0) is 11.2 Å². The van der Waals surface area contributed by atoms with Gasteiger partial charge in [-0.15, -0.1) is 0 Å². The average Bonchev–Trinajstić information content (AvgIpc) is 2.37. The van der Waals surface area contributed by atoms with Crippen LogP contribution in [0, 0.1) is 0 Å². The Bertz CT molecular complexity index is 412. The first-order chi connectivity index (χ1) is 8.24. The minimum Gasteiger partial charge on any atom is -0.493 e. The van der Waals surface area contributed by atoms with Crippen LogP contribution in [0.25, 0.3) is 0 Å². The van der Waals surface area contributed by atoms with Crippen molar-refractivity contribution in [3.8, 4) is 5.75 Å². The fourth-order valence-corrected chi connectivity index (χ4v) is 2.13. The first kappa shape index (κ1) is 12.1. The smallest absolute Gasteiger partial charge is 0.194 e. The molecule has 3 nitrogen and oxygen atoms in total. The molecule has 1 aliphatic heterocycles. The summed E-state index contributed by atoms with van der Waals surface area (Å²) in [6.07, 6.45) is 1.60. The lowest BCUT2D eigenvalue weighted by molar-refractivity contribution is 0.0516. The zero-order valence-electron chi connectivity index (χ0n) is 10.4. The number of para-hydroxylation sites is 1. The lowest BCUT2D eigenvalue weighted by atomic mass is 9.98. The molecule has 1 aromatic rings. The molecule has 0 amide bonds. The van der Waals surface area contributed by atoms with Crippen molar-refractivity contribution in [1.82, 2.24) is 0 Å². The molecule has 1 unspecified atom stereocenters. The molecule has 3 heteroatoms. The van der Waals surface area contributed by atoms with Crippen molar-refractivity contribution in [2.24, 2.45) is 0 Å². The second-order valence-electron chi connectivity index (χ2n) is 4.21. The summed E-state index contributed by atoms with van der Waals surface area (Å²) >= 11 is 0. The molecule has 0 fully saturated rings. The standard InChI is InChI=1S/C14H18O3/c1-3-16-10(2)13(15)12-8-4-6-11-7-5-9-17-14(11)12/h4,6,8,10H,3,5,7,9H2,1-2H3. The second-order valence-corrected chi connectivity index (χ2v) is 4.21. The van der Waals surface area contributed by atoms with Crippen molar-refractivity contribution in [2.45, 2.75) is 32.8 Å². The average molecular weight is 234 g/mol. The predicted octanol–water partition coefficient (Wildman–Crippen LogP) is 2.62. The molecular weight excluding hydrogens is 216 g/mol. The molecule has 2 rings (SSSR count). The van der Waals surface area contributed by atoms with Crippen LogP contribution in [0.5, 0.6) is 5.75 Å². The van der Waals surface area contributed by atoms with Gasteiger partial charge in [0.25, 0.3) is 0 Å². The molecular formula is C14H18O3. The minimum atomic E-state index is -0.406. The van der Waals surface area contributed by atoms with Crippen molar-refractivity contribution < 1.29 is 14.3 Å². The summed E-state index contributed by atoms with van der Waals surface area (Å²) < 4.78 is 11.0. The van der Waals surface area contributed by atoms with E-state index in [1.807, 2.05) is 25.1 Å². The Kier molecular flexibility index (Phi) is 3.79. The zero-order chi connectivity index (χ0) is 12.3. The molecule has 0 aromatic heterocycles. The molecule has 0 saturated carbocycles. The highest BCUT2D eigenvalue weighted by Gasteiger charge is 2.22. The SMILES string of the molecule is CCOC(C)C(=O)c1cccc2c1OCCC2. The Balaban J connectivity index is 2.29. The van der Waals surface area contributed by atoms with E-state index in [9.17, 15) is 4.79 Å². The third-order valence-corrected chi connectivity index (χ3v) is 2.98. The maximum atomic E-state index is 12.2. The molecule has 1 heterocycles. The van der Waals surface area contributed by atoms with Crippen LogP contribution < -0.4 is 4.74 Å². The fourth-order valence-electron chi connectivity index (χ4n) is 2.13. The van der Waals surface area contributed by atoms with Gasteiger partial charge in [-0.3, -0.25) is 4.79 Å². The molecule has 1 aromatic carbocycles. The van der Waals surface area contributed by atoms with Gasteiger partial charge in [0.2, 0.25) is 0 Å². The summed E-state index contributed by atoms with van der Waals surface area (Å²) in [6, 6.07) is 5.76. The van der Waals surface area contributed by atoms with Gasteiger partial charge in [-0.25, -0.2) is 0 Å². The molecule has 0 radical (unpaired) electrons. The summed E-state index contributed by atoms with van der Waals surface area (Å²) in [5.74, 6) is 0.765. The number of ether oxygens (including phenoxy) is 2. The van der Waals surface area contributed by atoms with Crippen LogP contribution in [0.2, 0.25) is 0 Å². The van der Waals surface area contributed by atoms with Crippen LogP contribution in [0.1, 0.15) is 36.2 Å². The van der Waals surface area contributed by atoms with Gasteiger partial charge in [0.05, 0.1) is 12.2 Å². The number of rotatable bonds is 4. The zero-order valence-corrected chi connectivity index (χ0v) is 10.4. The van der Waals surface area contributed by atoms with E-state index in [0.29, 0.717) is 18.8 Å². The summed E-state index contributed by atoms with van der Waals surface area (Å²) in [7, 11) is 0. The summed E-state index contributed by atoms with van der Waals surface area (Å²) in [5.41, 5.74) is 1.79. The van der Waals surface area contributed by atoms with E-state index < -0.39 is 6.10 Å². The maximum Gasteiger partial charge on any atom is 0.194 e. The van der Waals surface area contributed by atoms with Crippen molar-refractivity contribution in [1.29, 1.82) is 0 Å². The highest BCUT2D eigenvalue weighted by molar-refractivity contribution is 6.02. The van der Waals surface area contributed by atoms with E-state index in [1.54, 1.807) is 6.92 Å². The fraction of sp³-hybridized carbons (Fsp3) is 0.500. The summed E-state index contributed by atoms with van der Waals surface area (Å²) in [4.78, 5) is 12.2. The van der Waals surface area contributed by atoms with Crippen molar-refractivity contribution in [3.05, 3.63) is 29.3 Å². The highest BCUT2D eigenvalue weighted by Crippen LogP contribution is 2.29. The van der Waals surface area contributed by atoms with Crippen LogP contribution in [0.15, 0.2) is 18.2 Å². The van der Waals surface area contributed by atoms with Crippen LogP contribution in [0.3, 0.4) is 0 Å². The van der Waals surface area contributed by atoms with Gasteiger partial charge in [-0.05, 0) is 38.3 Å². The van der Waals surface area contributed by atoms with E-state index in [1.165, 1.54) is 0 Å². The maximum absolute atomic E-state index is 12.2. The first-order valence-corrected chi connectivity index (χ1v) is 6.14. The van der Waals surface area contributed by atoms with Gasteiger partial charge < -0.3 is 9.47 Å². The highest BCUT2D eigenvalue weighted by atomic mass is 16.5. The molecule has 17 heavy (non-hydrogen) atoms. The topological polar surface area (TPSA) is 35.5 Å². The molecule has 0 N–H and O–H groups in total. The Morgan fingerprint density at radius 2 is 2.35 bits per heavy atom. The lowest BCUT2D eigenvalue weighted by Crippen LogP contribution is -2.23. The molecule has 0 spiro atoms. The van der Waals surface area contributed by atoms with Crippen molar-refractivity contribution >= 4 is 5.78 Å². The van der Waals surface area contributed by atoms with Gasteiger partial charge in [0, 0.05) is 6.61 Å². The number of benzene rings is 1. The Hall–Kier alpha value is -1.35. The number of hydrogen-bond acceptors (Lipinski definition) is 3. The molecule has 1 atom stereocenters. The quantitative estimate of drug-likeness (QED) is 0.751. The first-order valence-electron chi connectivity index (χ1n) is 6.14. The third-order valence-electron chi connectivity index (χ3n) is 2.98. The third kappa shape index (κ3) is 2.50. The molecule has 0 aliphatic carbocycles. The predicted molar refractivity (Wildman–Crippen MR) is 65.7 cm³/mol. The Morgan fingerprint density at radius 3 is 3.12 bits per heavy atom. The van der Waals surface area contributed by atoms with Crippen molar-refractivity contribution in [3.63, 3.8) is 0 Å². The molecule has 1 aliphatic rings. The van der Waals surface area contributed by atoms with Gasteiger partial charge >= 0.3 is 0 Å². The van der Waals surface area contributed by atoms with Gasteiger partial charge in [-0.1, -0.05) is 12.1 Å². The van der Waals surface area contributed by atoms with Gasteiger partial charge in [0.15, 0.2) is 5.78 Å². The minimum absolute atomic E-state index is 0.00519. The summed E-state index contributed by atoms with van der Waals surface area (Å²) in [6.45, 7) is 4.91. The summed E-state index contributed by atoms with van der Waals surface area (Å²) in [5, 5.41) is 0. The van der Waals surface area contributed by atoms with Crippen LogP contribution in [0.4, 0.5) is 0 Å². The van der Waals surface area contributed by atoms with Crippen molar-refractivity contribution in [2.75, 3.05) is 13.2 Å².